The average molecular weight is 419 g/mol. The third kappa shape index (κ3) is 3.17. The first-order chi connectivity index (χ1) is 14.9. The van der Waals surface area contributed by atoms with Gasteiger partial charge in [-0.3, -0.25) is 14.9 Å². The highest BCUT2D eigenvalue weighted by molar-refractivity contribution is 5.99. The van der Waals surface area contributed by atoms with Crippen LogP contribution in [0.5, 0.6) is 0 Å². The first kappa shape index (κ1) is 19.1. The molecule has 0 atom stereocenters. The molecular formula is C21H21N7O3. The van der Waals surface area contributed by atoms with E-state index in [1.807, 2.05) is 18.2 Å². The first-order valence-corrected chi connectivity index (χ1v) is 9.95. The smallest absolute Gasteiger partial charge is 0.270 e. The van der Waals surface area contributed by atoms with Crippen LogP contribution < -0.4 is 16.2 Å². The number of nitrogens with two attached hydrogens (primary N) is 1. The summed E-state index contributed by atoms with van der Waals surface area (Å²) in [6, 6.07) is 10.1. The van der Waals surface area contributed by atoms with Crippen molar-refractivity contribution in [2.45, 2.75) is 0 Å². The lowest BCUT2D eigenvalue weighted by Gasteiger charge is -2.34. The number of para-hydroxylation sites is 1. The number of nitrogens with zero attached hydrogens (tertiary/aromatic N) is 4. The number of benzene rings is 2. The Morgan fingerprint density at radius 2 is 1.87 bits per heavy atom. The third-order valence-corrected chi connectivity index (χ3v) is 5.82. The van der Waals surface area contributed by atoms with E-state index < -0.39 is 10.5 Å². The molecule has 0 aliphatic carbocycles. The van der Waals surface area contributed by atoms with Gasteiger partial charge in [-0.15, -0.1) is 0 Å². The Morgan fingerprint density at radius 1 is 1.10 bits per heavy atom. The maximum atomic E-state index is 12.8. The standard InChI is InChI=1S/C21H21N7O3/c1-26-7-9-27(10-8-26)16-4-2-3-15-19(16)25-20(23-15)17-18(22)13-11-12(28(30)31)5-6-14(13)24-21(17)29/h2-6,11H,7-10H2,1H3,(H,23,25)(H3,22,24,29). The van der Waals surface area contributed by atoms with Crippen LogP contribution in [0.4, 0.5) is 17.1 Å². The Labute approximate surface area is 176 Å². The highest BCUT2D eigenvalue weighted by Crippen LogP contribution is 2.32. The molecule has 0 unspecified atom stereocenters. The maximum Gasteiger partial charge on any atom is 0.270 e. The van der Waals surface area contributed by atoms with Crippen molar-refractivity contribution in [3.8, 4) is 11.4 Å². The number of H-pyrrole nitrogens is 2. The summed E-state index contributed by atoms with van der Waals surface area (Å²) in [5, 5.41) is 11.6. The van der Waals surface area contributed by atoms with Gasteiger partial charge in [0.25, 0.3) is 11.2 Å². The number of piperazine rings is 1. The number of nitro benzene ring substituents is 1. The lowest BCUT2D eigenvalue weighted by Crippen LogP contribution is -2.44. The SMILES string of the molecule is CN1CCN(c2cccc3[nH]c(-c4c(N)c5cc([N+](=O)[O-])ccc5[nH]c4=O)nc23)CC1. The number of hydrogen-bond donors (Lipinski definition) is 3. The molecule has 0 saturated carbocycles. The Morgan fingerprint density at radius 3 is 2.61 bits per heavy atom. The molecule has 10 heteroatoms. The van der Waals surface area contributed by atoms with Crippen molar-refractivity contribution in [3.05, 3.63) is 56.9 Å². The largest absolute Gasteiger partial charge is 0.397 e. The van der Waals surface area contributed by atoms with Gasteiger partial charge < -0.3 is 25.5 Å². The third-order valence-electron chi connectivity index (χ3n) is 5.82. The van der Waals surface area contributed by atoms with Crippen molar-refractivity contribution in [1.82, 2.24) is 19.9 Å². The summed E-state index contributed by atoms with van der Waals surface area (Å²) >= 11 is 0. The van der Waals surface area contributed by atoms with Gasteiger partial charge in [0.15, 0.2) is 0 Å². The molecule has 31 heavy (non-hydrogen) atoms. The molecular weight excluding hydrogens is 398 g/mol. The lowest BCUT2D eigenvalue weighted by molar-refractivity contribution is -0.384. The molecule has 5 rings (SSSR count). The van der Waals surface area contributed by atoms with E-state index in [2.05, 4.69) is 26.8 Å². The Bertz CT molecular complexity index is 1380. The molecule has 10 nitrogen and oxygen atoms in total. The molecule has 0 bridgehead atoms. The Kier molecular flexibility index (Phi) is 4.36. The number of aromatic nitrogens is 3. The van der Waals surface area contributed by atoms with Gasteiger partial charge in [0.1, 0.15) is 16.9 Å². The number of non-ortho nitro benzene ring substituents is 1. The van der Waals surface area contributed by atoms with Crippen molar-refractivity contribution < 1.29 is 4.92 Å². The highest BCUT2D eigenvalue weighted by atomic mass is 16.6. The van der Waals surface area contributed by atoms with Gasteiger partial charge in [0.05, 0.1) is 27.3 Å². The van der Waals surface area contributed by atoms with Crippen molar-refractivity contribution in [1.29, 1.82) is 0 Å². The second-order valence-electron chi connectivity index (χ2n) is 7.78. The second kappa shape index (κ2) is 7.10. The molecule has 3 heterocycles. The minimum atomic E-state index is -0.493. The molecule has 2 aromatic heterocycles. The number of nitro groups is 1. The molecule has 2 aromatic carbocycles. The summed E-state index contributed by atoms with van der Waals surface area (Å²) in [5.74, 6) is 0.337. The number of nitrogens with one attached hydrogen (secondary N) is 2. The van der Waals surface area contributed by atoms with E-state index in [1.165, 1.54) is 18.2 Å². The Hall–Kier alpha value is -3.92. The zero-order valence-electron chi connectivity index (χ0n) is 16.9. The van der Waals surface area contributed by atoms with E-state index in [0.29, 0.717) is 16.7 Å². The summed E-state index contributed by atoms with van der Waals surface area (Å²) in [5.41, 5.74) is 9.14. The molecule has 158 valence electrons. The minimum Gasteiger partial charge on any atom is -0.397 e. The van der Waals surface area contributed by atoms with E-state index in [0.717, 1.165) is 42.9 Å². The average Bonchev–Trinajstić information content (AvgIpc) is 3.18. The van der Waals surface area contributed by atoms with Gasteiger partial charge in [0, 0.05) is 43.7 Å². The lowest BCUT2D eigenvalue weighted by atomic mass is 10.1. The van der Waals surface area contributed by atoms with Gasteiger partial charge in [0.2, 0.25) is 0 Å². The van der Waals surface area contributed by atoms with Crippen LogP contribution in [0.15, 0.2) is 41.2 Å². The second-order valence-corrected chi connectivity index (χ2v) is 7.78. The highest BCUT2D eigenvalue weighted by Gasteiger charge is 2.21. The van der Waals surface area contributed by atoms with Crippen molar-refractivity contribution in [2.24, 2.45) is 0 Å². The van der Waals surface area contributed by atoms with E-state index in [4.69, 9.17) is 10.7 Å². The number of anilines is 2. The fourth-order valence-electron chi connectivity index (χ4n) is 4.09. The molecule has 4 N–H and O–H groups in total. The number of aromatic amines is 2. The van der Waals surface area contributed by atoms with Crippen LogP contribution in [0.25, 0.3) is 33.3 Å². The normalized spacial score (nSPS) is 15.1. The Balaban J connectivity index is 1.66. The van der Waals surface area contributed by atoms with Gasteiger partial charge in [-0.25, -0.2) is 4.98 Å². The topological polar surface area (TPSA) is 137 Å². The fraction of sp³-hybridized carbons (Fsp3) is 0.238. The monoisotopic (exact) mass is 419 g/mol. The van der Waals surface area contributed by atoms with Gasteiger partial charge in [-0.1, -0.05) is 6.07 Å². The van der Waals surface area contributed by atoms with Crippen LogP contribution in [0.3, 0.4) is 0 Å². The summed E-state index contributed by atoms with van der Waals surface area (Å²) in [6.45, 7) is 3.70. The molecule has 0 amide bonds. The molecule has 0 radical (unpaired) electrons. The maximum absolute atomic E-state index is 12.8. The molecule has 1 fully saturated rings. The zero-order chi connectivity index (χ0) is 21.7. The van der Waals surface area contributed by atoms with E-state index >= 15 is 0 Å². The quantitative estimate of drug-likeness (QED) is 0.342. The van der Waals surface area contributed by atoms with Crippen molar-refractivity contribution >= 4 is 39.0 Å². The van der Waals surface area contributed by atoms with Gasteiger partial charge in [-0.2, -0.15) is 0 Å². The van der Waals surface area contributed by atoms with E-state index in [1.54, 1.807) is 0 Å². The van der Waals surface area contributed by atoms with Crippen LogP contribution in [0, 0.1) is 10.1 Å². The minimum absolute atomic E-state index is 0.0980. The zero-order valence-corrected chi connectivity index (χ0v) is 16.9. The summed E-state index contributed by atoms with van der Waals surface area (Å²) < 4.78 is 0. The summed E-state index contributed by atoms with van der Waals surface area (Å²) in [7, 11) is 2.10. The van der Waals surface area contributed by atoms with Crippen LogP contribution in [-0.2, 0) is 0 Å². The number of pyridine rings is 1. The molecule has 1 saturated heterocycles. The summed E-state index contributed by atoms with van der Waals surface area (Å²) in [4.78, 5) is 38.7. The van der Waals surface area contributed by atoms with Crippen LogP contribution in [-0.4, -0.2) is 58.0 Å². The van der Waals surface area contributed by atoms with Gasteiger partial charge in [-0.05, 0) is 25.2 Å². The van der Waals surface area contributed by atoms with Crippen molar-refractivity contribution in [2.75, 3.05) is 43.9 Å². The van der Waals surface area contributed by atoms with Crippen LogP contribution in [0.2, 0.25) is 0 Å². The van der Waals surface area contributed by atoms with Gasteiger partial charge >= 0.3 is 0 Å². The number of fused-ring (bicyclic) bond motifs is 2. The van der Waals surface area contributed by atoms with Crippen LogP contribution in [0.1, 0.15) is 0 Å². The molecule has 4 aromatic rings. The number of rotatable bonds is 3. The number of hydrogen-bond acceptors (Lipinski definition) is 7. The number of imidazole rings is 1. The first-order valence-electron chi connectivity index (χ1n) is 9.95. The predicted octanol–water partition coefficient (Wildman–Crippen LogP) is 2.31. The predicted molar refractivity (Wildman–Crippen MR) is 120 cm³/mol. The molecule has 1 aliphatic rings. The number of nitrogen functional groups attached to an aromatic ring is 1. The summed E-state index contributed by atoms with van der Waals surface area (Å²) in [6.07, 6.45) is 0. The van der Waals surface area contributed by atoms with E-state index in [-0.39, 0.29) is 16.9 Å². The molecule has 1 aliphatic heterocycles. The molecule has 0 spiro atoms. The van der Waals surface area contributed by atoms with E-state index in [9.17, 15) is 14.9 Å². The fourth-order valence-corrected chi connectivity index (χ4v) is 4.09. The number of likely N-dealkylation sites (N-methyl/N-ethyl adjacent to an activating group) is 1. The van der Waals surface area contributed by atoms with Crippen LogP contribution >= 0.6 is 0 Å². The van der Waals surface area contributed by atoms with Crippen molar-refractivity contribution in [3.63, 3.8) is 0 Å².